The Hall–Kier alpha value is -1.36. The van der Waals surface area contributed by atoms with Crippen molar-refractivity contribution in [2.75, 3.05) is 24.3 Å². The topological polar surface area (TPSA) is 59.1 Å². The van der Waals surface area contributed by atoms with E-state index in [-0.39, 0.29) is 0 Å². The molecule has 18 heavy (non-hydrogen) atoms. The van der Waals surface area contributed by atoms with Crippen molar-refractivity contribution in [3.8, 4) is 0 Å². The summed E-state index contributed by atoms with van der Waals surface area (Å²) >= 11 is 0. The maximum absolute atomic E-state index is 5.10. The lowest BCUT2D eigenvalue weighted by Crippen LogP contribution is -2.12. The first-order valence-electron chi connectivity index (χ1n) is 6.42. The van der Waals surface area contributed by atoms with E-state index in [9.17, 15) is 0 Å². The summed E-state index contributed by atoms with van der Waals surface area (Å²) in [5, 5.41) is 6.67. The maximum atomic E-state index is 5.10. The van der Waals surface area contributed by atoms with Gasteiger partial charge in [0, 0.05) is 25.8 Å². The van der Waals surface area contributed by atoms with E-state index in [4.69, 9.17) is 4.74 Å². The molecule has 5 heteroatoms. The van der Waals surface area contributed by atoms with Gasteiger partial charge in [0.15, 0.2) is 5.82 Å². The number of hydrogen-bond acceptors (Lipinski definition) is 5. The summed E-state index contributed by atoms with van der Waals surface area (Å²) < 4.78 is 5.10. The van der Waals surface area contributed by atoms with Crippen LogP contribution in [0.1, 0.15) is 33.0 Å². The summed E-state index contributed by atoms with van der Waals surface area (Å²) in [6.45, 7) is 7.84. The largest absolute Gasteiger partial charge is 0.377 e. The van der Waals surface area contributed by atoms with Gasteiger partial charge in [0.1, 0.15) is 18.2 Å². The Balaban J connectivity index is 2.12. The molecule has 100 valence electrons. The zero-order valence-corrected chi connectivity index (χ0v) is 11.6. The van der Waals surface area contributed by atoms with E-state index < -0.39 is 0 Å². The van der Waals surface area contributed by atoms with E-state index in [0.29, 0.717) is 23.9 Å². The molecule has 0 radical (unpaired) electrons. The van der Waals surface area contributed by atoms with Crippen LogP contribution in [0, 0.1) is 5.41 Å². The number of anilines is 2. The van der Waals surface area contributed by atoms with Gasteiger partial charge in [0.05, 0.1) is 0 Å². The lowest BCUT2D eigenvalue weighted by molar-refractivity contribution is 0.178. The predicted octanol–water partition coefficient (Wildman–Crippen LogP) is 2.27. The molecule has 0 spiro atoms. The molecule has 1 saturated carbocycles. The third-order valence-electron chi connectivity index (χ3n) is 3.24. The Morgan fingerprint density at radius 3 is 2.61 bits per heavy atom. The molecule has 1 atom stereocenters. The molecule has 0 saturated heterocycles. The van der Waals surface area contributed by atoms with Crippen LogP contribution in [-0.2, 0) is 11.3 Å². The molecule has 1 unspecified atom stereocenters. The average molecular weight is 250 g/mol. The maximum Gasteiger partial charge on any atom is 0.158 e. The summed E-state index contributed by atoms with van der Waals surface area (Å²) in [5.41, 5.74) is 0.380. The van der Waals surface area contributed by atoms with E-state index >= 15 is 0 Å². The monoisotopic (exact) mass is 250 g/mol. The van der Waals surface area contributed by atoms with E-state index in [1.165, 1.54) is 6.42 Å². The van der Waals surface area contributed by atoms with Crippen LogP contribution in [0.4, 0.5) is 11.6 Å². The van der Waals surface area contributed by atoms with Gasteiger partial charge in [-0.3, -0.25) is 0 Å². The van der Waals surface area contributed by atoms with Crippen molar-refractivity contribution in [3.63, 3.8) is 0 Å². The number of nitrogens with one attached hydrogen (secondary N) is 2. The van der Waals surface area contributed by atoms with Crippen LogP contribution in [0.2, 0.25) is 0 Å². The highest BCUT2D eigenvalue weighted by Crippen LogP contribution is 2.46. The molecule has 0 aromatic carbocycles. The molecule has 0 bridgehead atoms. The number of hydrogen-bond donors (Lipinski definition) is 2. The summed E-state index contributed by atoms with van der Waals surface area (Å²) in [7, 11) is 1.65. The molecule has 1 aromatic heterocycles. The molecule has 1 heterocycles. The number of aromatic nitrogens is 2. The van der Waals surface area contributed by atoms with Crippen LogP contribution in [0.15, 0.2) is 6.07 Å². The van der Waals surface area contributed by atoms with Crippen molar-refractivity contribution in [2.24, 2.45) is 5.41 Å². The molecule has 1 fully saturated rings. The van der Waals surface area contributed by atoms with Gasteiger partial charge in [-0.1, -0.05) is 13.8 Å². The highest BCUT2D eigenvalue weighted by atomic mass is 16.5. The molecule has 2 N–H and O–H groups in total. The quantitative estimate of drug-likeness (QED) is 0.811. The van der Waals surface area contributed by atoms with Crippen molar-refractivity contribution < 1.29 is 4.74 Å². The van der Waals surface area contributed by atoms with Gasteiger partial charge in [-0.05, 0) is 18.8 Å². The molecule has 1 aromatic rings. The Morgan fingerprint density at radius 2 is 2.06 bits per heavy atom. The van der Waals surface area contributed by atoms with E-state index in [1.807, 2.05) is 6.07 Å². The normalized spacial score (nSPS) is 20.6. The Bertz CT molecular complexity index is 395. The second kappa shape index (κ2) is 5.10. The van der Waals surface area contributed by atoms with Gasteiger partial charge in [0.2, 0.25) is 0 Å². The van der Waals surface area contributed by atoms with Crippen LogP contribution in [0.25, 0.3) is 0 Å². The second-order valence-corrected chi connectivity index (χ2v) is 5.41. The summed E-state index contributed by atoms with van der Waals surface area (Å²) in [4.78, 5) is 8.85. The fraction of sp³-hybridized carbons (Fsp3) is 0.692. The molecule has 1 aliphatic carbocycles. The Labute approximate surface area is 108 Å². The highest BCUT2D eigenvalue weighted by Gasteiger charge is 2.45. The smallest absolute Gasteiger partial charge is 0.158 e. The minimum Gasteiger partial charge on any atom is -0.377 e. The zero-order valence-electron chi connectivity index (χ0n) is 11.6. The van der Waals surface area contributed by atoms with Crippen molar-refractivity contribution in [1.82, 2.24) is 9.97 Å². The number of rotatable bonds is 6. The first kappa shape index (κ1) is 13.1. The van der Waals surface area contributed by atoms with Crippen LogP contribution in [0.5, 0.6) is 0 Å². The van der Waals surface area contributed by atoms with Crippen LogP contribution < -0.4 is 10.6 Å². The van der Waals surface area contributed by atoms with Gasteiger partial charge < -0.3 is 15.4 Å². The molecular weight excluding hydrogens is 228 g/mol. The molecule has 5 nitrogen and oxygen atoms in total. The molecular formula is C13H22N4O. The van der Waals surface area contributed by atoms with E-state index in [2.05, 4.69) is 41.4 Å². The average Bonchev–Trinajstić information content (AvgIpc) is 2.86. The first-order chi connectivity index (χ1) is 8.55. The summed E-state index contributed by atoms with van der Waals surface area (Å²) in [6.07, 6.45) is 1.19. The summed E-state index contributed by atoms with van der Waals surface area (Å²) in [6, 6.07) is 2.47. The van der Waals surface area contributed by atoms with E-state index in [0.717, 1.165) is 18.2 Å². The summed E-state index contributed by atoms with van der Waals surface area (Å²) in [5.74, 6) is 2.43. The van der Waals surface area contributed by atoms with Crippen LogP contribution in [-0.4, -0.2) is 29.7 Å². The predicted molar refractivity (Wildman–Crippen MR) is 72.7 cm³/mol. The second-order valence-electron chi connectivity index (χ2n) is 5.41. The third-order valence-corrected chi connectivity index (χ3v) is 3.24. The van der Waals surface area contributed by atoms with Gasteiger partial charge in [0.25, 0.3) is 0 Å². The first-order valence-corrected chi connectivity index (χ1v) is 6.42. The van der Waals surface area contributed by atoms with Crippen molar-refractivity contribution in [1.29, 1.82) is 0 Å². The number of methoxy groups -OCH3 is 1. The van der Waals surface area contributed by atoms with Gasteiger partial charge in [-0.2, -0.15) is 0 Å². The van der Waals surface area contributed by atoms with Gasteiger partial charge in [-0.25, -0.2) is 9.97 Å². The van der Waals surface area contributed by atoms with Crippen LogP contribution in [0.3, 0.4) is 0 Å². The molecule has 1 aliphatic rings. The molecule has 0 amide bonds. The minimum absolute atomic E-state index is 0.380. The van der Waals surface area contributed by atoms with Crippen molar-refractivity contribution in [3.05, 3.63) is 11.9 Å². The van der Waals surface area contributed by atoms with Crippen LogP contribution >= 0.6 is 0 Å². The Kier molecular flexibility index (Phi) is 3.71. The number of ether oxygens (including phenoxy) is 1. The fourth-order valence-electron chi connectivity index (χ4n) is 1.93. The highest BCUT2D eigenvalue weighted by molar-refractivity contribution is 5.49. The minimum atomic E-state index is 0.380. The third kappa shape index (κ3) is 3.10. The van der Waals surface area contributed by atoms with E-state index in [1.54, 1.807) is 7.11 Å². The van der Waals surface area contributed by atoms with Crippen molar-refractivity contribution in [2.45, 2.75) is 39.8 Å². The molecule has 0 aliphatic heterocycles. The lowest BCUT2D eigenvalue weighted by atomic mass is 10.2. The standard InChI is InChI=1S/C13H22N4O/c1-5-14-10-6-11(15-9-7-13(9,2)3)17-12(16-10)8-18-4/h6,9H,5,7-8H2,1-4H3,(H2,14,15,16,17). The number of nitrogens with zero attached hydrogens (tertiary/aromatic N) is 2. The van der Waals surface area contributed by atoms with Crippen molar-refractivity contribution >= 4 is 11.6 Å². The fourth-order valence-corrected chi connectivity index (χ4v) is 1.93. The zero-order chi connectivity index (χ0) is 13.2. The van der Waals surface area contributed by atoms with Gasteiger partial charge >= 0.3 is 0 Å². The SMILES string of the molecule is CCNc1cc(NC2CC2(C)C)nc(COC)n1. The molecule has 2 rings (SSSR count). The Morgan fingerprint density at radius 1 is 1.39 bits per heavy atom. The van der Waals surface area contributed by atoms with Gasteiger partial charge in [-0.15, -0.1) is 0 Å². The lowest BCUT2D eigenvalue weighted by Gasteiger charge is -2.11.